The van der Waals surface area contributed by atoms with Crippen LogP contribution in [-0.2, 0) is 28.8 Å². The lowest BCUT2D eigenvalue weighted by Crippen LogP contribution is -2.59. The van der Waals surface area contributed by atoms with Gasteiger partial charge in [-0.15, -0.1) is 0 Å². The Bertz CT molecular complexity index is 1470. The molecule has 1 aromatic carbocycles. The highest BCUT2D eigenvalue weighted by molar-refractivity contribution is 6.29. The summed E-state index contributed by atoms with van der Waals surface area (Å²) in [6, 6.07) is 0. The first-order chi connectivity index (χ1) is 21.5. The molecule has 3 rings (SSSR count). The molecule has 0 aromatic heterocycles. The van der Waals surface area contributed by atoms with E-state index < -0.39 is 126 Å². The third-order valence-corrected chi connectivity index (χ3v) is 11.0. The smallest absolute Gasteiger partial charge is 0.172 e. The number of carbonyl (C=O) groups is 7. The van der Waals surface area contributed by atoms with E-state index in [1.54, 1.807) is 27.7 Å². The number of hydrogen-bond acceptors (Lipinski definition) is 10. The van der Waals surface area contributed by atoms with E-state index >= 15 is 0 Å². The molecule has 48 heavy (non-hydrogen) atoms. The van der Waals surface area contributed by atoms with Crippen LogP contribution >= 0.6 is 0 Å². The Balaban J connectivity index is 2.58. The summed E-state index contributed by atoms with van der Waals surface area (Å²) in [4.78, 5) is 96.7. The number of Topliss-reactive ketones (excluding diaryl/α,β-unsaturated/α-hetero) is 7. The molecule has 0 heterocycles. The Kier molecular flexibility index (Phi) is 9.71. The maximum absolute atomic E-state index is 14.1. The third-order valence-electron chi connectivity index (χ3n) is 11.0. The topological polar surface area (TPSA) is 180 Å². The number of phenolic OH excluding ortho intramolecular Hbond substituents is 3. The summed E-state index contributed by atoms with van der Waals surface area (Å²) in [5, 5.41) is 36.0. The zero-order valence-corrected chi connectivity index (χ0v) is 30.7. The molecular weight excluding hydrogens is 616 g/mol. The standard InChI is InChI=1S/C38H52O10/c1-15(2)18(22-29(43)35(7,8)33(47)36(9,10)30(22)44)20-26(40)21(28(42)24(27(20)41)25(39)17(5)6)19(16(3)4)23-31(45)37(11,12)34(48)38(13,14)32(23)46/h15-19,22-23,40-42H,1-14H3. The molecule has 0 spiro atoms. The van der Waals surface area contributed by atoms with Crippen molar-refractivity contribution < 1.29 is 48.9 Å². The molecule has 10 nitrogen and oxygen atoms in total. The highest BCUT2D eigenvalue weighted by Crippen LogP contribution is 2.58. The lowest BCUT2D eigenvalue weighted by Gasteiger charge is -2.45. The number of ketones is 7. The van der Waals surface area contributed by atoms with Gasteiger partial charge in [0.15, 0.2) is 40.5 Å². The number of aromatic hydroxyl groups is 3. The Hall–Kier alpha value is -3.69. The summed E-state index contributed by atoms with van der Waals surface area (Å²) in [6.45, 7) is 21.1. The van der Waals surface area contributed by atoms with Crippen molar-refractivity contribution in [2.75, 3.05) is 0 Å². The van der Waals surface area contributed by atoms with Gasteiger partial charge >= 0.3 is 0 Å². The lowest BCUT2D eigenvalue weighted by atomic mass is 9.53. The number of benzene rings is 1. The minimum absolute atomic E-state index is 0.370. The average molecular weight is 669 g/mol. The van der Waals surface area contributed by atoms with E-state index in [4.69, 9.17) is 0 Å². The first-order valence-corrected chi connectivity index (χ1v) is 16.7. The van der Waals surface area contributed by atoms with E-state index in [2.05, 4.69) is 0 Å². The molecule has 2 aliphatic rings. The number of phenols is 3. The van der Waals surface area contributed by atoms with Crippen LogP contribution in [0.15, 0.2) is 0 Å². The van der Waals surface area contributed by atoms with Crippen LogP contribution in [0.3, 0.4) is 0 Å². The Morgan fingerprint density at radius 2 is 0.750 bits per heavy atom. The second-order valence-electron chi connectivity index (χ2n) is 16.9. The summed E-state index contributed by atoms with van der Waals surface area (Å²) < 4.78 is 0. The molecule has 0 amide bonds. The van der Waals surface area contributed by atoms with E-state index in [1.807, 2.05) is 0 Å². The second-order valence-corrected chi connectivity index (χ2v) is 16.9. The summed E-state index contributed by atoms with van der Waals surface area (Å²) in [5.74, 6) is -15.0. The van der Waals surface area contributed by atoms with Crippen molar-refractivity contribution in [3.05, 3.63) is 16.7 Å². The zero-order chi connectivity index (χ0) is 37.5. The van der Waals surface area contributed by atoms with Crippen LogP contribution in [0.5, 0.6) is 17.2 Å². The van der Waals surface area contributed by atoms with E-state index in [1.165, 1.54) is 69.2 Å². The molecule has 0 bridgehead atoms. The highest BCUT2D eigenvalue weighted by atomic mass is 16.3. The van der Waals surface area contributed by atoms with Crippen LogP contribution in [0.25, 0.3) is 0 Å². The van der Waals surface area contributed by atoms with Gasteiger partial charge in [-0.05, 0) is 67.2 Å². The molecule has 2 unspecified atom stereocenters. The van der Waals surface area contributed by atoms with Crippen LogP contribution in [0.1, 0.15) is 130 Å². The van der Waals surface area contributed by atoms with Gasteiger partial charge in [-0.1, -0.05) is 41.5 Å². The molecule has 1 aromatic rings. The van der Waals surface area contributed by atoms with Crippen molar-refractivity contribution in [2.45, 2.75) is 109 Å². The predicted octanol–water partition coefficient (Wildman–Crippen LogP) is 5.90. The normalized spacial score (nSPS) is 22.6. The fourth-order valence-corrected chi connectivity index (χ4v) is 8.13. The van der Waals surface area contributed by atoms with Gasteiger partial charge in [-0.2, -0.15) is 0 Å². The van der Waals surface area contributed by atoms with Gasteiger partial charge < -0.3 is 15.3 Å². The van der Waals surface area contributed by atoms with Crippen molar-refractivity contribution in [3.8, 4) is 17.2 Å². The van der Waals surface area contributed by atoms with Crippen LogP contribution in [-0.4, -0.2) is 55.8 Å². The highest BCUT2D eigenvalue weighted by Gasteiger charge is 2.62. The molecular formula is C38H52O10. The predicted molar refractivity (Wildman–Crippen MR) is 178 cm³/mol. The Labute approximate surface area is 283 Å². The maximum Gasteiger partial charge on any atom is 0.172 e. The van der Waals surface area contributed by atoms with E-state index in [9.17, 15) is 48.9 Å². The Morgan fingerprint density at radius 1 is 0.500 bits per heavy atom. The van der Waals surface area contributed by atoms with Crippen LogP contribution < -0.4 is 0 Å². The molecule has 2 saturated carbocycles. The Morgan fingerprint density at radius 3 is 0.958 bits per heavy atom. The van der Waals surface area contributed by atoms with Gasteiger partial charge in [0.25, 0.3) is 0 Å². The molecule has 2 fully saturated rings. The van der Waals surface area contributed by atoms with Crippen LogP contribution in [0.4, 0.5) is 0 Å². The molecule has 2 aliphatic carbocycles. The van der Waals surface area contributed by atoms with E-state index in [0.29, 0.717) is 0 Å². The van der Waals surface area contributed by atoms with Gasteiger partial charge in [0.05, 0.1) is 33.5 Å². The molecule has 264 valence electrons. The number of rotatable bonds is 8. The zero-order valence-electron chi connectivity index (χ0n) is 30.7. The second kappa shape index (κ2) is 12.0. The van der Waals surface area contributed by atoms with Crippen molar-refractivity contribution >= 4 is 40.5 Å². The molecule has 0 aliphatic heterocycles. The largest absolute Gasteiger partial charge is 0.507 e. The van der Waals surface area contributed by atoms with Crippen molar-refractivity contribution in [3.63, 3.8) is 0 Å². The molecule has 2 atom stereocenters. The first-order valence-electron chi connectivity index (χ1n) is 16.7. The van der Waals surface area contributed by atoms with Gasteiger partial charge in [0, 0.05) is 28.9 Å². The third kappa shape index (κ3) is 5.34. The van der Waals surface area contributed by atoms with Crippen molar-refractivity contribution in [2.24, 2.45) is 51.2 Å². The van der Waals surface area contributed by atoms with Gasteiger partial charge in [-0.3, -0.25) is 33.6 Å². The number of hydrogen-bond donors (Lipinski definition) is 3. The summed E-state index contributed by atoms with van der Waals surface area (Å²) in [6.07, 6.45) is 0. The first kappa shape index (κ1) is 38.8. The number of carbonyl (C=O) groups excluding carboxylic acids is 7. The van der Waals surface area contributed by atoms with Gasteiger partial charge in [0.1, 0.15) is 22.8 Å². The van der Waals surface area contributed by atoms with Gasteiger partial charge in [-0.25, -0.2) is 0 Å². The molecule has 0 saturated heterocycles. The fourth-order valence-electron chi connectivity index (χ4n) is 8.13. The minimum Gasteiger partial charge on any atom is -0.507 e. The minimum atomic E-state index is -1.61. The van der Waals surface area contributed by atoms with Crippen LogP contribution in [0, 0.1) is 51.2 Å². The maximum atomic E-state index is 14.1. The molecule has 3 N–H and O–H groups in total. The quantitative estimate of drug-likeness (QED) is 0.223. The SMILES string of the molecule is CC(C)C(=O)c1c(O)c(C(C(C)C)C2C(=O)C(C)(C)C(=O)C(C)(C)C2=O)c(O)c(C(C(C)C)C2C(=O)C(C)(C)C(=O)C(C)(C)C2=O)c1O. The van der Waals surface area contributed by atoms with Gasteiger partial charge in [0.2, 0.25) is 0 Å². The monoisotopic (exact) mass is 668 g/mol. The van der Waals surface area contributed by atoms with Crippen molar-refractivity contribution in [1.82, 2.24) is 0 Å². The molecule has 0 radical (unpaired) electrons. The summed E-state index contributed by atoms with van der Waals surface area (Å²) >= 11 is 0. The summed E-state index contributed by atoms with van der Waals surface area (Å²) in [5.41, 5.74) is -7.76. The average Bonchev–Trinajstić information content (AvgIpc) is 2.96. The fraction of sp³-hybridized carbons (Fsp3) is 0.658. The van der Waals surface area contributed by atoms with Crippen LogP contribution in [0.2, 0.25) is 0 Å². The van der Waals surface area contributed by atoms with E-state index in [0.717, 1.165) is 0 Å². The summed E-state index contributed by atoms with van der Waals surface area (Å²) in [7, 11) is 0. The van der Waals surface area contributed by atoms with E-state index in [-0.39, 0.29) is 11.1 Å². The van der Waals surface area contributed by atoms with Crippen molar-refractivity contribution in [1.29, 1.82) is 0 Å². The molecule has 10 heteroatoms. The lowest BCUT2D eigenvalue weighted by molar-refractivity contribution is -0.163.